The standard InChI is InChI=1S/C14H10Cl2N2O2S/c1-18(6-7-2-3-12(16)21-7)11-5-10-8(4-9(11)15)13(19)14(20)17-10/h2-5H,6H2,1H3,(H,17,19,20). The molecular weight excluding hydrogens is 331 g/mol. The SMILES string of the molecule is CN(Cc1ccc(Cl)s1)c1cc2c(cc1Cl)C(=O)C(=O)N2. The van der Waals surface area contributed by atoms with Crippen molar-refractivity contribution in [3.63, 3.8) is 0 Å². The predicted octanol–water partition coefficient (Wildman–Crippen LogP) is 3.83. The lowest BCUT2D eigenvalue weighted by molar-refractivity contribution is -0.112. The molecule has 1 aromatic heterocycles. The lowest BCUT2D eigenvalue weighted by Gasteiger charge is -2.20. The molecule has 0 saturated carbocycles. The van der Waals surface area contributed by atoms with Gasteiger partial charge in [-0.2, -0.15) is 0 Å². The highest BCUT2D eigenvalue weighted by atomic mass is 35.5. The molecule has 1 aliphatic rings. The molecule has 0 bridgehead atoms. The minimum absolute atomic E-state index is 0.321. The van der Waals surface area contributed by atoms with Crippen LogP contribution in [0.5, 0.6) is 0 Å². The third-order valence-corrected chi connectivity index (χ3v) is 4.74. The van der Waals surface area contributed by atoms with Gasteiger partial charge in [0, 0.05) is 11.9 Å². The van der Waals surface area contributed by atoms with Crippen molar-refractivity contribution in [3.8, 4) is 0 Å². The van der Waals surface area contributed by atoms with E-state index in [1.165, 1.54) is 17.4 Å². The van der Waals surface area contributed by atoms with Crippen molar-refractivity contribution < 1.29 is 9.59 Å². The summed E-state index contributed by atoms with van der Waals surface area (Å²) in [7, 11) is 1.89. The number of nitrogens with one attached hydrogen (secondary N) is 1. The number of rotatable bonds is 3. The maximum atomic E-state index is 11.6. The normalized spacial score (nSPS) is 13.3. The first-order chi connectivity index (χ1) is 9.95. The first-order valence-corrected chi connectivity index (χ1v) is 7.67. The van der Waals surface area contributed by atoms with E-state index in [0.717, 1.165) is 14.9 Å². The third kappa shape index (κ3) is 2.64. The third-order valence-electron chi connectivity index (χ3n) is 3.22. The molecule has 0 aliphatic carbocycles. The number of nitrogens with zero attached hydrogens (tertiary/aromatic N) is 1. The fraction of sp³-hybridized carbons (Fsp3) is 0.143. The van der Waals surface area contributed by atoms with Gasteiger partial charge in [0.2, 0.25) is 0 Å². The van der Waals surface area contributed by atoms with Crippen LogP contribution >= 0.6 is 34.5 Å². The summed E-state index contributed by atoms with van der Waals surface area (Å²) in [6.45, 7) is 0.637. The molecule has 2 heterocycles. The van der Waals surface area contributed by atoms with Gasteiger partial charge in [-0.3, -0.25) is 9.59 Å². The van der Waals surface area contributed by atoms with Crippen molar-refractivity contribution in [2.24, 2.45) is 0 Å². The van der Waals surface area contributed by atoms with Crippen molar-refractivity contribution in [1.29, 1.82) is 0 Å². The van der Waals surface area contributed by atoms with Crippen molar-refractivity contribution >= 4 is 57.6 Å². The van der Waals surface area contributed by atoms with Gasteiger partial charge in [0.05, 0.1) is 32.8 Å². The average molecular weight is 341 g/mol. The average Bonchev–Trinajstić information content (AvgIpc) is 2.95. The number of anilines is 2. The van der Waals surface area contributed by atoms with Crippen LogP contribution in [0, 0.1) is 0 Å². The summed E-state index contributed by atoms with van der Waals surface area (Å²) >= 11 is 13.7. The van der Waals surface area contributed by atoms with Crippen molar-refractivity contribution in [2.75, 3.05) is 17.3 Å². The molecule has 108 valence electrons. The van der Waals surface area contributed by atoms with Crippen molar-refractivity contribution in [1.82, 2.24) is 0 Å². The van der Waals surface area contributed by atoms with E-state index < -0.39 is 11.7 Å². The van der Waals surface area contributed by atoms with Crippen LogP contribution in [0.4, 0.5) is 11.4 Å². The van der Waals surface area contributed by atoms with E-state index in [9.17, 15) is 9.59 Å². The van der Waals surface area contributed by atoms with Gasteiger partial charge in [-0.25, -0.2) is 0 Å². The van der Waals surface area contributed by atoms with Crippen LogP contribution in [-0.4, -0.2) is 18.7 Å². The van der Waals surface area contributed by atoms with Crippen LogP contribution in [-0.2, 0) is 11.3 Å². The van der Waals surface area contributed by atoms with Crippen LogP contribution in [0.1, 0.15) is 15.2 Å². The topological polar surface area (TPSA) is 49.4 Å². The highest BCUT2D eigenvalue weighted by Gasteiger charge is 2.29. The van der Waals surface area contributed by atoms with E-state index in [4.69, 9.17) is 23.2 Å². The maximum Gasteiger partial charge on any atom is 0.296 e. The van der Waals surface area contributed by atoms with E-state index in [0.29, 0.717) is 22.8 Å². The fourth-order valence-corrected chi connectivity index (χ4v) is 3.65. The Morgan fingerprint density at radius 2 is 2.00 bits per heavy atom. The molecule has 1 N–H and O–H groups in total. The van der Waals surface area contributed by atoms with E-state index in [2.05, 4.69) is 5.32 Å². The van der Waals surface area contributed by atoms with Gasteiger partial charge >= 0.3 is 0 Å². The monoisotopic (exact) mass is 340 g/mol. The summed E-state index contributed by atoms with van der Waals surface area (Å²) < 4.78 is 0.733. The van der Waals surface area contributed by atoms with Crippen LogP contribution in [0.3, 0.4) is 0 Å². The second-order valence-corrected chi connectivity index (χ2v) is 6.90. The second-order valence-electron chi connectivity index (χ2n) is 4.69. The van der Waals surface area contributed by atoms with Gasteiger partial charge in [0.1, 0.15) is 0 Å². The number of carbonyl (C=O) groups excluding carboxylic acids is 2. The summed E-state index contributed by atoms with van der Waals surface area (Å²) in [6.07, 6.45) is 0. The van der Waals surface area contributed by atoms with Crippen LogP contribution in [0.2, 0.25) is 9.36 Å². The summed E-state index contributed by atoms with van der Waals surface area (Å²) in [6, 6.07) is 7.05. The Hall–Kier alpha value is -1.56. The zero-order valence-corrected chi connectivity index (χ0v) is 13.3. The summed E-state index contributed by atoms with van der Waals surface area (Å²) in [4.78, 5) is 26.1. The van der Waals surface area contributed by atoms with Crippen LogP contribution in [0.25, 0.3) is 0 Å². The van der Waals surface area contributed by atoms with Crippen molar-refractivity contribution in [3.05, 3.63) is 44.1 Å². The van der Waals surface area contributed by atoms with Gasteiger partial charge in [0.25, 0.3) is 11.7 Å². The zero-order valence-electron chi connectivity index (χ0n) is 10.9. The number of amides is 1. The Morgan fingerprint density at radius 3 is 2.67 bits per heavy atom. The van der Waals surface area contributed by atoms with Crippen molar-refractivity contribution in [2.45, 2.75) is 6.54 Å². The number of carbonyl (C=O) groups is 2. The van der Waals surface area contributed by atoms with E-state index in [-0.39, 0.29) is 0 Å². The molecule has 0 radical (unpaired) electrons. The number of halogens is 2. The minimum Gasteiger partial charge on any atom is -0.368 e. The number of fused-ring (bicyclic) bond motifs is 1. The molecule has 4 nitrogen and oxygen atoms in total. The molecule has 7 heteroatoms. The Labute approximate surface area is 135 Å². The highest BCUT2D eigenvalue weighted by molar-refractivity contribution is 7.16. The molecule has 1 aromatic carbocycles. The molecule has 0 fully saturated rings. The molecule has 0 atom stereocenters. The van der Waals surface area contributed by atoms with E-state index in [1.54, 1.807) is 6.07 Å². The van der Waals surface area contributed by atoms with Gasteiger partial charge in [-0.1, -0.05) is 23.2 Å². The molecule has 0 saturated heterocycles. The minimum atomic E-state index is -0.620. The van der Waals surface area contributed by atoms with Gasteiger partial charge < -0.3 is 10.2 Å². The summed E-state index contributed by atoms with van der Waals surface area (Å²) in [5, 5.41) is 2.98. The Balaban J connectivity index is 1.91. The Morgan fingerprint density at radius 1 is 1.24 bits per heavy atom. The highest BCUT2D eigenvalue weighted by Crippen LogP contribution is 2.35. The zero-order chi connectivity index (χ0) is 15.1. The summed E-state index contributed by atoms with van der Waals surface area (Å²) in [5.74, 6) is -1.17. The molecule has 1 aliphatic heterocycles. The number of benzene rings is 1. The predicted molar refractivity (Wildman–Crippen MR) is 85.8 cm³/mol. The Bertz CT molecular complexity index is 757. The molecule has 3 rings (SSSR count). The fourth-order valence-electron chi connectivity index (χ4n) is 2.20. The maximum absolute atomic E-state index is 11.6. The lowest BCUT2D eigenvalue weighted by atomic mass is 10.1. The van der Waals surface area contributed by atoms with Crippen LogP contribution < -0.4 is 10.2 Å². The number of hydrogen-bond donors (Lipinski definition) is 1. The van der Waals surface area contributed by atoms with E-state index >= 15 is 0 Å². The first kappa shape index (κ1) is 14.4. The summed E-state index contributed by atoms with van der Waals surface area (Å²) in [5.41, 5.74) is 1.57. The number of ketones is 1. The molecule has 21 heavy (non-hydrogen) atoms. The van der Waals surface area contributed by atoms with Gasteiger partial charge in [-0.05, 0) is 24.3 Å². The number of hydrogen-bond acceptors (Lipinski definition) is 4. The van der Waals surface area contributed by atoms with Crippen LogP contribution in [0.15, 0.2) is 24.3 Å². The second kappa shape index (κ2) is 5.33. The first-order valence-electron chi connectivity index (χ1n) is 6.10. The molecular formula is C14H10Cl2N2O2S. The molecule has 0 spiro atoms. The van der Waals surface area contributed by atoms with Gasteiger partial charge in [-0.15, -0.1) is 11.3 Å². The quantitative estimate of drug-likeness (QED) is 0.864. The smallest absolute Gasteiger partial charge is 0.296 e. The molecule has 0 unspecified atom stereocenters. The molecule has 2 aromatic rings. The molecule has 1 amide bonds. The lowest BCUT2D eigenvalue weighted by Crippen LogP contribution is -2.16. The number of Topliss-reactive ketones (excluding diaryl/α,β-unsaturated/α-hetero) is 1. The van der Waals surface area contributed by atoms with E-state index in [1.807, 2.05) is 24.1 Å². The largest absolute Gasteiger partial charge is 0.368 e. The number of thiophene rings is 1. The Kier molecular flexibility index (Phi) is 3.65. The van der Waals surface area contributed by atoms with Gasteiger partial charge in [0.15, 0.2) is 0 Å².